The van der Waals surface area contributed by atoms with Gasteiger partial charge in [0.1, 0.15) is 0 Å². The summed E-state index contributed by atoms with van der Waals surface area (Å²) in [6, 6.07) is 2.21. The minimum absolute atomic E-state index is 0.491. The van der Waals surface area contributed by atoms with E-state index in [1.165, 1.54) is 51.5 Å². The first-order valence-corrected chi connectivity index (χ1v) is 7.00. The third-order valence-corrected chi connectivity index (χ3v) is 4.34. The van der Waals surface area contributed by atoms with Crippen molar-refractivity contribution in [1.82, 2.24) is 10.4 Å². The summed E-state index contributed by atoms with van der Waals surface area (Å²) < 4.78 is 0. The molecule has 2 saturated carbocycles. The predicted octanol–water partition coefficient (Wildman–Crippen LogP) is 2.08. The molecule has 2 atom stereocenters. The Morgan fingerprint density at radius 1 is 1.12 bits per heavy atom. The van der Waals surface area contributed by atoms with Gasteiger partial charge in [0.25, 0.3) is 0 Å². The highest BCUT2D eigenvalue weighted by atomic mass is 16.7. The molecule has 2 unspecified atom stereocenters. The quantitative estimate of drug-likeness (QED) is 0.740. The van der Waals surface area contributed by atoms with Gasteiger partial charge in [-0.15, -0.1) is 0 Å². The minimum atomic E-state index is 0.491. The van der Waals surface area contributed by atoms with Gasteiger partial charge in [-0.1, -0.05) is 12.8 Å². The summed E-state index contributed by atoms with van der Waals surface area (Å²) in [5.41, 5.74) is 3.32. The van der Waals surface area contributed by atoms with E-state index >= 15 is 0 Å². The van der Waals surface area contributed by atoms with Crippen LogP contribution in [0.2, 0.25) is 0 Å². The van der Waals surface area contributed by atoms with Crippen LogP contribution in [0.4, 0.5) is 0 Å². The van der Waals surface area contributed by atoms with Crippen LogP contribution in [0, 0.1) is 0 Å². The molecule has 3 rings (SSSR count). The number of hydrogen-bond acceptors (Lipinski definition) is 3. The molecule has 92 valence electrons. The Labute approximate surface area is 98.5 Å². The van der Waals surface area contributed by atoms with E-state index < -0.39 is 0 Å². The van der Waals surface area contributed by atoms with Crippen LogP contribution in [0.1, 0.15) is 51.9 Å². The lowest BCUT2D eigenvalue weighted by Gasteiger charge is -2.20. The lowest BCUT2D eigenvalue weighted by atomic mass is 10.2. The molecule has 1 N–H and O–H groups in total. The Morgan fingerprint density at radius 3 is 2.56 bits per heavy atom. The molecule has 1 aliphatic heterocycles. The van der Waals surface area contributed by atoms with Gasteiger partial charge in [0.2, 0.25) is 0 Å². The maximum absolute atomic E-state index is 5.81. The highest BCUT2D eigenvalue weighted by molar-refractivity contribution is 4.95. The molecule has 0 aromatic carbocycles. The van der Waals surface area contributed by atoms with Gasteiger partial charge in [0.15, 0.2) is 0 Å². The second-order valence-corrected chi connectivity index (χ2v) is 5.85. The highest BCUT2D eigenvalue weighted by Crippen LogP contribution is 2.33. The molecule has 3 aliphatic rings. The Kier molecular flexibility index (Phi) is 3.18. The van der Waals surface area contributed by atoms with Crippen LogP contribution >= 0.6 is 0 Å². The standard InChI is InChI=1S/C13H24N2O/c1-10-8-11(9-15(10)12-6-7-12)14-16-13-4-2-3-5-13/h10-14H,2-9H2,1H3. The Bertz CT molecular complexity index is 236. The van der Waals surface area contributed by atoms with Gasteiger partial charge in [-0.05, 0) is 39.0 Å². The minimum Gasteiger partial charge on any atom is -0.298 e. The fourth-order valence-electron chi connectivity index (χ4n) is 3.26. The van der Waals surface area contributed by atoms with Crippen LogP contribution in [-0.2, 0) is 4.84 Å². The summed E-state index contributed by atoms with van der Waals surface area (Å²) in [6.45, 7) is 3.55. The molecule has 0 radical (unpaired) electrons. The monoisotopic (exact) mass is 224 g/mol. The fraction of sp³-hybridized carbons (Fsp3) is 1.00. The lowest BCUT2D eigenvalue weighted by molar-refractivity contribution is -0.0383. The third-order valence-electron chi connectivity index (χ3n) is 4.34. The number of hydrogen-bond donors (Lipinski definition) is 1. The van der Waals surface area contributed by atoms with Crippen LogP contribution in [0.3, 0.4) is 0 Å². The average Bonchev–Trinajstić information content (AvgIpc) is 2.85. The third kappa shape index (κ3) is 2.41. The molecule has 3 heteroatoms. The van der Waals surface area contributed by atoms with Gasteiger partial charge < -0.3 is 0 Å². The second-order valence-electron chi connectivity index (χ2n) is 5.85. The summed E-state index contributed by atoms with van der Waals surface area (Å²) in [5, 5.41) is 0. The first kappa shape index (κ1) is 11.0. The van der Waals surface area contributed by atoms with Crippen molar-refractivity contribution in [3.63, 3.8) is 0 Å². The Hall–Kier alpha value is -0.120. The van der Waals surface area contributed by atoms with E-state index in [1.54, 1.807) is 0 Å². The van der Waals surface area contributed by atoms with Gasteiger partial charge in [0.05, 0.1) is 6.10 Å². The van der Waals surface area contributed by atoms with E-state index in [1.807, 2.05) is 0 Å². The summed E-state index contributed by atoms with van der Waals surface area (Å²) in [4.78, 5) is 8.47. The van der Waals surface area contributed by atoms with E-state index in [-0.39, 0.29) is 0 Å². The van der Waals surface area contributed by atoms with Crippen molar-refractivity contribution in [3.05, 3.63) is 0 Å². The zero-order valence-corrected chi connectivity index (χ0v) is 10.3. The molecule has 0 aromatic heterocycles. The summed E-state index contributed by atoms with van der Waals surface area (Å²) in [6.07, 6.45) is 9.78. The van der Waals surface area contributed by atoms with Crippen LogP contribution in [0.5, 0.6) is 0 Å². The maximum atomic E-state index is 5.81. The maximum Gasteiger partial charge on any atom is 0.0790 e. The van der Waals surface area contributed by atoms with Crippen LogP contribution in [0.25, 0.3) is 0 Å². The molecule has 0 aromatic rings. The molecule has 3 nitrogen and oxygen atoms in total. The number of likely N-dealkylation sites (tertiary alicyclic amines) is 1. The van der Waals surface area contributed by atoms with Crippen LogP contribution in [-0.4, -0.2) is 35.7 Å². The molecule has 1 heterocycles. The molecule has 1 saturated heterocycles. The van der Waals surface area contributed by atoms with Crippen LogP contribution in [0.15, 0.2) is 0 Å². The van der Waals surface area contributed by atoms with E-state index in [9.17, 15) is 0 Å². The van der Waals surface area contributed by atoms with Gasteiger partial charge in [-0.25, -0.2) is 0 Å². The zero-order valence-electron chi connectivity index (χ0n) is 10.3. The second kappa shape index (κ2) is 4.63. The van der Waals surface area contributed by atoms with Crippen LogP contribution < -0.4 is 5.48 Å². The molecule has 0 bridgehead atoms. The summed E-state index contributed by atoms with van der Waals surface area (Å²) in [7, 11) is 0. The topological polar surface area (TPSA) is 24.5 Å². The van der Waals surface area contributed by atoms with Crippen molar-refractivity contribution in [2.45, 2.75) is 76.1 Å². The number of hydroxylamine groups is 1. The van der Waals surface area contributed by atoms with E-state index in [0.717, 1.165) is 12.1 Å². The molecule has 0 amide bonds. The normalized spacial score (nSPS) is 37.3. The number of nitrogens with one attached hydrogen (secondary N) is 1. The Morgan fingerprint density at radius 2 is 1.88 bits per heavy atom. The van der Waals surface area contributed by atoms with Gasteiger partial charge >= 0.3 is 0 Å². The first-order chi connectivity index (χ1) is 7.83. The molecular formula is C13H24N2O. The molecule has 16 heavy (non-hydrogen) atoms. The first-order valence-electron chi connectivity index (χ1n) is 7.00. The molecule has 0 spiro atoms. The van der Waals surface area contributed by atoms with Gasteiger partial charge in [-0.2, -0.15) is 5.48 Å². The smallest absolute Gasteiger partial charge is 0.0790 e. The van der Waals surface area contributed by atoms with Crippen molar-refractivity contribution < 1.29 is 4.84 Å². The van der Waals surface area contributed by atoms with Crippen molar-refractivity contribution in [3.8, 4) is 0 Å². The number of rotatable bonds is 4. The molecule has 2 aliphatic carbocycles. The molecular weight excluding hydrogens is 200 g/mol. The number of nitrogens with zero attached hydrogens (tertiary/aromatic N) is 1. The van der Waals surface area contributed by atoms with E-state index in [4.69, 9.17) is 4.84 Å². The van der Waals surface area contributed by atoms with Gasteiger partial charge in [-0.3, -0.25) is 9.74 Å². The van der Waals surface area contributed by atoms with E-state index in [0.29, 0.717) is 12.1 Å². The zero-order chi connectivity index (χ0) is 11.0. The van der Waals surface area contributed by atoms with Crippen molar-refractivity contribution in [2.75, 3.05) is 6.54 Å². The summed E-state index contributed by atoms with van der Waals surface area (Å²) >= 11 is 0. The lowest BCUT2D eigenvalue weighted by Crippen LogP contribution is -2.36. The van der Waals surface area contributed by atoms with Crippen molar-refractivity contribution in [2.24, 2.45) is 0 Å². The fourth-order valence-corrected chi connectivity index (χ4v) is 3.26. The predicted molar refractivity (Wildman–Crippen MR) is 64.1 cm³/mol. The van der Waals surface area contributed by atoms with E-state index in [2.05, 4.69) is 17.3 Å². The largest absolute Gasteiger partial charge is 0.298 e. The SMILES string of the molecule is CC1CC(NOC2CCCC2)CN1C1CC1. The Balaban J connectivity index is 1.42. The molecule has 3 fully saturated rings. The van der Waals surface area contributed by atoms with Crippen molar-refractivity contribution >= 4 is 0 Å². The van der Waals surface area contributed by atoms with Gasteiger partial charge in [0, 0.05) is 24.7 Å². The summed E-state index contributed by atoms with van der Waals surface area (Å²) in [5.74, 6) is 0. The van der Waals surface area contributed by atoms with Crippen molar-refractivity contribution in [1.29, 1.82) is 0 Å². The average molecular weight is 224 g/mol. The highest BCUT2D eigenvalue weighted by Gasteiger charge is 2.38.